The molecule has 0 N–H and O–H groups in total. The molecule has 2 heteroatoms. The van der Waals surface area contributed by atoms with Crippen molar-refractivity contribution >= 4 is 16.3 Å². The van der Waals surface area contributed by atoms with Gasteiger partial charge in [-0.3, -0.25) is 0 Å². The van der Waals surface area contributed by atoms with Gasteiger partial charge in [-0.25, -0.2) is 0 Å². The first-order chi connectivity index (χ1) is 6.36. The third-order valence-corrected chi connectivity index (χ3v) is 5.69. The van der Waals surface area contributed by atoms with Gasteiger partial charge in [0.25, 0.3) is 0 Å². The number of hydrogen-bond donors (Lipinski definition) is 0. The molecule has 73 valence electrons. The zero-order chi connectivity index (χ0) is 9.10. The maximum absolute atomic E-state index is 2.47. The van der Waals surface area contributed by atoms with Gasteiger partial charge in [-0.15, -0.1) is 7.92 Å². The predicted octanol–water partition coefficient (Wildman–Crippen LogP) is 3.12. The summed E-state index contributed by atoms with van der Waals surface area (Å²) in [5.74, 6) is 0. The van der Waals surface area contributed by atoms with Crippen molar-refractivity contribution in [3.63, 3.8) is 0 Å². The first-order valence-electron chi connectivity index (χ1n) is 5.10. The Morgan fingerprint density at radius 1 is 1.29 bits per heavy atom. The molecule has 1 saturated heterocycles. The molecular weight excluding hydrogens is 186 g/mol. The highest BCUT2D eigenvalue weighted by Gasteiger charge is 2.22. The number of hydrogen-bond acceptors (Lipinski definition) is 0. The smallest absolute Gasteiger partial charge is 0 e. The molecule has 0 unspecified atom stereocenters. The summed E-state index contributed by atoms with van der Waals surface area (Å²) >= 11 is 0. The average Bonchev–Trinajstić information content (AvgIpc) is 2.54. The van der Waals surface area contributed by atoms with E-state index in [4.69, 9.17) is 0 Å². The second-order valence-electron chi connectivity index (χ2n) is 3.97. The third kappa shape index (κ3) is 2.85. The Kier molecular flexibility index (Phi) is 4.68. The largest absolute Gasteiger partial charge is 0.106 e. The van der Waals surface area contributed by atoms with Gasteiger partial charge in [0.2, 0.25) is 0 Å². The zero-order valence-corrected chi connectivity index (χ0v) is 9.71. The Morgan fingerprint density at radius 3 is 2.57 bits per heavy atom. The Labute approximate surface area is 90.4 Å². The molecular formula is C12H17BP. The highest BCUT2D eigenvalue weighted by Crippen LogP contribution is 2.47. The van der Waals surface area contributed by atoms with Crippen LogP contribution < -0.4 is 0 Å². The fourth-order valence-corrected chi connectivity index (χ4v) is 4.32. The standard InChI is InChI=1S/C12H17P.B/c1-13-9-5-8-12(13)10-11-6-3-2-4-7-11;/h2-4,6-7,12H,5,8-10H2,1H3;/t12-,13+;/m0./s1. The summed E-state index contributed by atoms with van der Waals surface area (Å²) in [6, 6.07) is 10.9. The monoisotopic (exact) mass is 203 g/mol. The van der Waals surface area contributed by atoms with E-state index in [1.54, 1.807) is 0 Å². The zero-order valence-electron chi connectivity index (χ0n) is 8.82. The molecule has 2 rings (SSSR count). The van der Waals surface area contributed by atoms with Crippen molar-refractivity contribution < 1.29 is 0 Å². The van der Waals surface area contributed by atoms with E-state index in [9.17, 15) is 0 Å². The minimum absolute atomic E-state index is 0. The van der Waals surface area contributed by atoms with Gasteiger partial charge >= 0.3 is 0 Å². The summed E-state index contributed by atoms with van der Waals surface area (Å²) in [5.41, 5.74) is 2.54. The van der Waals surface area contributed by atoms with Crippen LogP contribution in [0.2, 0.25) is 0 Å². The van der Waals surface area contributed by atoms with E-state index >= 15 is 0 Å². The molecule has 0 nitrogen and oxygen atoms in total. The average molecular weight is 203 g/mol. The summed E-state index contributed by atoms with van der Waals surface area (Å²) in [7, 11) is 0.348. The highest BCUT2D eigenvalue weighted by molar-refractivity contribution is 7.57. The molecule has 1 aliphatic rings. The third-order valence-electron chi connectivity index (χ3n) is 2.99. The molecule has 3 radical (unpaired) electrons. The van der Waals surface area contributed by atoms with Crippen LogP contribution in [0.25, 0.3) is 0 Å². The van der Waals surface area contributed by atoms with E-state index < -0.39 is 0 Å². The van der Waals surface area contributed by atoms with Crippen LogP contribution in [-0.2, 0) is 6.42 Å². The Morgan fingerprint density at radius 2 is 2.00 bits per heavy atom. The molecule has 14 heavy (non-hydrogen) atoms. The second-order valence-corrected chi connectivity index (χ2v) is 6.66. The Hall–Kier alpha value is -0.285. The summed E-state index contributed by atoms with van der Waals surface area (Å²) in [5, 5.41) is 0. The molecule has 0 spiro atoms. The molecule has 0 aromatic heterocycles. The Bertz CT molecular complexity index is 260. The SMILES string of the molecule is C[P@]1CCC[C@H]1Cc1ccccc1.[B]. The van der Waals surface area contributed by atoms with Crippen molar-refractivity contribution in [1.29, 1.82) is 0 Å². The van der Waals surface area contributed by atoms with Crippen molar-refractivity contribution in [1.82, 2.24) is 0 Å². The van der Waals surface area contributed by atoms with E-state index in [0.717, 1.165) is 5.66 Å². The molecule has 0 bridgehead atoms. The van der Waals surface area contributed by atoms with Crippen LogP contribution in [0.4, 0.5) is 0 Å². The second kappa shape index (κ2) is 5.56. The van der Waals surface area contributed by atoms with E-state index in [1.807, 2.05) is 0 Å². The van der Waals surface area contributed by atoms with Crippen molar-refractivity contribution in [2.75, 3.05) is 12.8 Å². The van der Waals surface area contributed by atoms with E-state index in [2.05, 4.69) is 37.0 Å². The summed E-state index contributed by atoms with van der Waals surface area (Å²) in [4.78, 5) is 0. The lowest BCUT2D eigenvalue weighted by atomic mass is 10.1. The van der Waals surface area contributed by atoms with Crippen LogP contribution in [0.5, 0.6) is 0 Å². The Balaban J connectivity index is 0.000000980. The highest BCUT2D eigenvalue weighted by atomic mass is 31.1. The van der Waals surface area contributed by atoms with Crippen LogP contribution in [0.3, 0.4) is 0 Å². The van der Waals surface area contributed by atoms with E-state index in [-0.39, 0.29) is 8.41 Å². The first-order valence-corrected chi connectivity index (χ1v) is 7.15. The minimum Gasteiger partial charge on any atom is -0.106 e. The summed E-state index contributed by atoms with van der Waals surface area (Å²) in [6.07, 6.45) is 5.77. The quantitative estimate of drug-likeness (QED) is 0.511. The lowest BCUT2D eigenvalue weighted by Gasteiger charge is -2.15. The summed E-state index contributed by atoms with van der Waals surface area (Å²) in [6.45, 7) is 2.47. The predicted molar refractivity (Wildman–Crippen MR) is 66.6 cm³/mol. The van der Waals surface area contributed by atoms with Crippen LogP contribution >= 0.6 is 7.92 Å². The molecule has 0 aliphatic carbocycles. The molecule has 2 atom stereocenters. The molecule has 1 aliphatic heterocycles. The van der Waals surface area contributed by atoms with Gasteiger partial charge in [-0.1, -0.05) is 30.3 Å². The van der Waals surface area contributed by atoms with Crippen LogP contribution in [0, 0.1) is 0 Å². The van der Waals surface area contributed by atoms with Gasteiger partial charge in [0.05, 0.1) is 0 Å². The molecule has 0 saturated carbocycles. The van der Waals surface area contributed by atoms with Gasteiger partial charge in [-0.2, -0.15) is 0 Å². The van der Waals surface area contributed by atoms with Crippen molar-refractivity contribution in [2.45, 2.75) is 24.9 Å². The number of benzene rings is 1. The lowest BCUT2D eigenvalue weighted by molar-refractivity contribution is 0.774. The molecule has 1 aromatic carbocycles. The normalized spacial score (nSPS) is 25.8. The van der Waals surface area contributed by atoms with E-state index in [1.165, 1.54) is 31.0 Å². The molecule has 1 fully saturated rings. The van der Waals surface area contributed by atoms with E-state index in [0.29, 0.717) is 7.92 Å². The van der Waals surface area contributed by atoms with Gasteiger partial charge in [-0.05, 0) is 43.3 Å². The molecule has 1 aromatic rings. The first kappa shape index (κ1) is 11.8. The topological polar surface area (TPSA) is 0 Å². The molecule has 0 amide bonds. The minimum atomic E-state index is 0. The fourth-order valence-electron chi connectivity index (χ4n) is 2.12. The van der Waals surface area contributed by atoms with Crippen LogP contribution in [0.15, 0.2) is 30.3 Å². The van der Waals surface area contributed by atoms with Crippen molar-refractivity contribution in [3.05, 3.63) is 35.9 Å². The summed E-state index contributed by atoms with van der Waals surface area (Å²) < 4.78 is 0. The lowest BCUT2D eigenvalue weighted by Crippen LogP contribution is -2.03. The van der Waals surface area contributed by atoms with Gasteiger partial charge in [0, 0.05) is 8.41 Å². The maximum Gasteiger partial charge on any atom is 0 e. The van der Waals surface area contributed by atoms with Crippen molar-refractivity contribution in [2.24, 2.45) is 0 Å². The maximum atomic E-state index is 2.47. The van der Waals surface area contributed by atoms with Gasteiger partial charge in [0.1, 0.15) is 0 Å². The molecule has 1 heterocycles. The number of rotatable bonds is 2. The fraction of sp³-hybridized carbons (Fsp3) is 0.500. The van der Waals surface area contributed by atoms with Gasteiger partial charge < -0.3 is 0 Å². The van der Waals surface area contributed by atoms with Gasteiger partial charge in [0.15, 0.2) is 0 Å². The van der Waals surface area contributed by atoms with Crippen molar-refractivity contribution in [3.8, 4) is 0 Å². The van der Waals surface area contributed by atoms with Crippen LogP contribution in [0.1, 0.15) is 18.4 Å². The van der Waals surface area contributed by atoms with Crippen LogP contribution in [-0.4, -0.2) is 26.9 Å².